The summed E-state index contributed by atoms with van der Waals surface area (Å²) in [5.74, 6) is -1.98. The molecule has 0 atom stereocenters. The van der Waals surface area contributed by atoms with Gasteiger partial charge in [0.1, 0.15) is 17.2 Å². The highest BCUT2D eigenvalue weighted by atomic mass is 32.2. The second kappa shape index (κ2) is 19.7. The van der Waals surface area contributed by atoms with Gasteiger partial charge in [0, 0.05) is 17.9 Å². The number of nitriles is 1. The average Bonchev–Trinajstić information content (AvgIpc) is 3.62. The molecule has 0 spiro atoms. The van der Waals surface area contributed by atoms with E-state index in [1.54, 1.807) is 50.2 Å². The molecule has 15 heteroatoms. The second-order valence-corrected chi connectivity index (χ2v) is 15.4. The zero-order chi connectivity index (χ0) is 39.3. The predicted molar refractivity (Wildman–Crippen MR) is 197 cm³/mol. The van der Waals surface area contributed by atoms with Crippen LogP contribution in [0.25, 0.3) is 4.85 Å². The van der Waals surface area contributed by atoms with Crippen LogP contribution < -0.4 is 14.2 Å². The monoisotopic (exact) mass is 776 g/mol. The molecular formula is C39H40N2O11S2. The molecule has 0 bridgehead atoms. The molecule has 4 rings (SSSR count). The smallest absolute Gasteiger partial charge is 0.330 e. The molecule has 0 saturated heterocycles. The van der Waals surface area contributed by atoms with Gasteiger partial charge in [-0.05, 0) is 55.5 Å². The largest absolute Gasteiger partial charge is 0.496 e. The third-order valence-electron chi connectivity index (χ3n) is 8.39. The van der Waals surface area contributed by atoms with E-state index in [0.29, 0.717) is 63.4 Å². The first-order chi connectivity index (χ1) is 25.9. The van der Waals surface area contributed by atoms with Crippen LogP contribution in [0.4, 0.5) is 0 Å². The Morgan fingerprint density at radius 3 is 2.00 bits per heavy atom. The van der Waals surface area contributed by atoms with Crippen molar-refractivity contribution in [1.82, 2.24) is 0 Å². The highest BCUT2D eigenvalue weighted by Crippen LogP contribution is 2.59. The van der Waals surface area contributed by atoms with Crippen LogP contribution in [0.1, 0.15) is 57.9 Å². The summed E-state index contributed by atoms with van der Waals surface area (Å²) < 4.78 is 32.8. The third kappa shape index (κ3) is 11.9. The molecule has 1 aliphatic carbocycles. The van der Waals surface area contributed by atoms with Crippen molar-refractivity contribution in [1.29, 1.82) is 5.26 Å². The van der Waals surface area contributed by atoms with Gasteiger partial charge in [0.25, 0.3) is 5.70 Å². The zero-order valence-corrected chi connectivity index (χ0v) is 31.8. The van der Waals surface area contributed by atoms with Gasteiger partial charge in [0.2, 0.25) is 0 Å². The summed E-state index contributed by atoms with van der Waals surface area (Å²) in [7, 11) is 1.52. The van der Waals surface area contributed by atoms with Gasteiger partial charge in [-0.15, -0.1) is 0 Å². The predicted octanol–water partition coefficient (Wildman–Crippen LogP) is 6.99. The van der Waals surface area contributed by atoms with Crippen molar-refractivity contribution in [3.63, 3.8) is 0 Å². The average molecular weight is 777 g/mol. The quantitative estimate of drug-likeness (QED) is 0.0427. The van der Waals surface area contributed by atoms with Crippen molar-refractivity contribution >= 4 is 53.4 Å². The molecule has 2 aromatic rings. The Balaban J connectivity index is 1.15. The Morgan fingerprint density at radius 1 is 0.870 bits per heavy atom. The van der Waals surface area contributed by atoms with Crippen LogP contribution in [0.5, 0.6) is 17.2 Å². The van der Waals surface area contributed by atoms with Gasteiger partial charge in [0.15, 0.2) is 0 Å². The molecule has 54 heavy (non-hydrogen) atoms. The summed E-state index contributed by atoms with van der Waals surface area (Å²) >= 11 is 2.43. The number of ether oxygens (including phenoxy) is 6. The highest BCUT2D eigenvalue weighted by Gasteiger charge is 2.34. The number of nitrogens with zero attached hydrogens (tertiary/aromatic N) is 2. The molecule has 0 amide bonds. The van der Waals surface area contributed by atoms with Gasteiger partial charge < -0.3 is 28.4 Å². The van der Waals surface area contributed by atoms with Crippen LogP contribution in [0.2, 0.25) is 0 Å². The Bertz CT molecular complexity index is 1850. The Kier molecular flexibility index (Phi) is 15.2. The lowest BCUT2D eigenvalue weighted by Gasteiger charge is -2.26. The molecule has 1 fully saturated rings. The summed E-state index contributed by atoms with van der Waals surface area (Å²) in [5, 5.41) is 9.32. The number of thioether (sulfide) groups is 2. The summed E-state index contributed by atoms with van der Waals surface area (Å²) in [6.45, 7) is 14.3. The SMILES string of the molecule is [C-]#[N+]/C(C#N)=C1/Sc2c(OC)ccc(OC(=O)C3CCC(C(=O)Oc4ccc(CCOC(=O)CCC(=O)OCC(C)(C)COC(=O)C=C)cc4)CC3)c2S1. The van der Waals surface area contributed by atoms with Gasteiger partial charge in [0.05, 0.1) is 78.3 Å². The number of benzene rings is 2. The number of rotatable bonds is 16. The van der Waals surface area contributed by atoms with E-state index in [1.807, 2.05) is 6.07 Å². The first-order valence-electron chi connectivity index (χ1n) is 17.1. The lowest BCUT2D eigenvalue weighted by atomic mass is 9.82. The molecule has 0 aromatic heterocycles. The number of fused-ring (bicyclic) bond motifs is 1. The topological polar surface area (TPSA) is 169 Å². The van der Waals surface area contributed by atoms with E-state index in [0.717, 1.165) is 11.6 Å². The zero-order valence-electron chi connectivity index (χ0n) is 30.2. The summed E-state index contributed by atoms with van der Waals surface area (Å²) in [6.07, 6.45) is 3.00. The van der Waals surface area contributed by atoms with E-state index in [2.05, 4.69) is 11.4 Å². The maximum absolute atomic E-state index is 13.2. The minimum atomic E-state index is -0.600. The van der Waals surface area contributed by atoms with Crippen molar-refractivity contribution < 1.29 is 52.4 Å². The van der Waals surface area contributed by atoms with Crippen LogP contribution in [0, 0.1) is 35.2 Å². The Labute approximate surface area is 322 Å². The maximum Gasteiger partial charge on any atom is 0.330 e. The lowest BCUT2D eigenvalue weighted by molar-refractivity contribution is -0.154. The number of allylic oxidation sites excluding steroid dienone is 1. The number of methoxy groups -OCH3 is 1. The maximum atomic E-state index is 13.2. The van der Waals surface area contributed by atoms with Crippen molar-refractivity contribution in [3.8, 4) is 23.3 Å². The van der Waals surface area contributed by atoms with E-state index < -0.39 is 35.2 Å². The third-order valence-corrected chi connectivity index (χ3v) is 11.0. The van der Waals surface area contributed by atoms with E-state index >= 15 is 0 Å². The number of esters is 5. The van der Waals surface area contributed by atoms with Gasteiger partial charge in [-0.25, -0.2) is 14.9 Å². The summed E-state index contributed by atoms with van der Waals surface area (Å²) in [5.41, 5.74) is 0.209. The standard InChI is InChI=1S/C39H40N2O11S2/c1-6-31(42)49-22-39(2,3)23-50-33(44)18-17-32(43)48-20-19-24-7-13-27(14-8-24)51-36(45)25-9-11-26(12-10-25)37(46)52-30-16-15-29(47-5)34-35(30)54-38(53-34)28(21-40)41-4/h6-8,13-16,25-26H,1,9-12,17-20,22-23H2,2-3,5H3/b38-28-. The van der Waals surface area contributed by atoms with Crippen LogP contribution in [0.15, 0.2) is 68.8 Å². The number of hydrogen-bond acceptors (Lipinski definition) is 14. The Morgan fingerprint density at radius 2 is 1.43 bits per heavy atom. The van der Waals surface area contributed by atoms with Crippen molar-refractivity contribution in [2.75, 3.05) is 26.9 Å². The summed E-state index contributed by atoms with van der Waals surface area (Å²) in [6, 6.07) is 12.1. The van der Waals surface area contributed by atoms with E-state index in [9.17, 15) is 29.2 Å². The number of hydrogen-bond donors (Lipinski definition) is 0. The molecular weight excluding hydrogens is 737 g/mol. The van der Waals surface area contributed by atoms with Crippen LogP contribution >= 0.6 is 23.5 Å². The van der Waals surface area contributed by atoms with Gasteiger partial charge in [-0.1, -0.05) is 56.1 Å². The normalized spacial score (nSPS) is 17.1. The Hall–Kier alpha value is -5.25. The molecule has 0 unspecified atom stereocenters. The van der Waals surface area contributed by atoms with Gasteiger partial charge in [-0.3, -0.25) is 19.2 Å². The minimum Gasteiger partial charge on any atom is -0.496 e. The molecule has 0 radical (unpaired) electrons. The van der Waals surface area contributed by atoms with E-state index in [-0.39, 0.29) is 50.2 Å². The molecule has 284 valence electrons. The van der Waals surface area contributed by atoms with Gasteiger partial charge in [-0.2, -0.15) is 0 Å². The van der Waals surface area contributed by atoms with Gasteiger partial charge >= 0.3 is 29.8 Å². The molecule has 1 saturated carbocycles. The first kappa shape index (κ1) is 41.5. The van der Waals surface area contributed by atoms with Crippen molar-refractivity contribution in [2.24, 2.45) is 17.3 Å². The fourth-order valence-electron chi connectivity index (χ4n) is 5.33. The molecule has 1 heterocycles. The fourth-order valence-corrected chi connectivity index (χ4v) is 7.85. The molecule has 0 N–H and O–H groups in total. The van der Waals surface area contributed by atoms with Crippen LogP contribution in [-0.2, 0) is 44.6 Å². The molecule has 13 nitrogen and oxygen atoms in total. The van der Waals surface area contributed by atoms with Crippen LogP contribution in [-0.4, -0.2) is 56.8 Å². The van der Waals surface area contributed by atoms with Crippen molar-refractivity contribution in [2.45, 2.75) is 68.6 Å². The lowest BCUT2D eigenvalue weighted by Crippen LogP contribution is -2.30. The fraction of sp³-hybridized carbons (Fsp3) is 0.410. The van der Waals surface area contributed by atoms with Crippen LogP contribution in [0.3, 0.4) is 0 Å². The molecule has 2 aliphatic rings. The summed E-state index contributed by atoms with van der Waals surface area (Å²) in [4.78, 5) is 66.1. The highest BCUT2D eigenvalue weighted by molar-refractivity contribution is 8.24. The van der Waals surface area contributed by atoms with E-state index in [1.165, 1.54) is 30.6 Å². The molecule has 1 aliphatic heterocycles. The number of carbonyl (C=O) groups is 5. The van der Waals surface area contributed by atoms with Crippen molar-refractivity contribution in [3.05, 3.63) is 76.0 Å². The number of carbonyl (C=O) groups excluding carboxylic acids is 5. The van der Waals surface area contributed by atoms with E-state index in [4.69, 9.17) is 35.0 Å². The first-order valence-corrected chi connectivity index (χ1v) is 18.7. The minimum absolute atomic E-state index is 0.0140. The molecule has 2 aromatic carbocycles. The second-order valence-electron chi connectivity index (χ2n) is 13.1.